The number of carbonyl (C=O) groups is 1. The molecule has 2 fully saturated rings. The van der Waals surface area contributed by atoms with Crippen LogP contribution in [0.3, 0.4) is 0 Å². The lowest BCUT2D eigenvalue weighted by Crippen LogP contribution is -2.40. The fourth-order valence-corrected chi connectivity index (χ4v) is 4.86. The average molecular weight is 268 g/mol. The molecule has 3 aliphatic rings. The molecule has 0 unspecified atom stereocenters. The van der Waals surface area contributed by atoms with Crippen LogP contribution in [0.1, 0.15) is 49.7 Å². The molecule has 0 saturated heterocycles. The van der Waals surface area contributed by atoms with Gasteiger partial charge in [-0.3, -0.25) is 4.79 Å². The standard InChI is InChI=1S/C18H20O2/c1-18-9-8-14-13-5-3-12(19)10-11(13)2-4-15(14)16(18)6-7-17(18)20/h2-5,10,14-16,19H,6-9H2,1H3/t14-,15+,16+,18-/m1/s1. The van der Waals surface area contributed by atoms with Crippen LogP contribution in [-0.2, 0) is 4.79 Å². The highest BCUT2D eigenvalue weighted by molar-refractivity contribution is 5.87. The molecule has 104 valence electrons. The van der Waals surface area contributed by atoms with E-state index in [1.54, 1.807) is 6.07 Å². The first-order valence-electron chi connectivity index (χ1n) is 7.64. The Kier molecular flexibility index (Phi) is 2.42. The second-order valence-corrected chi connectivity index (χ2v) is 6.88. The van der Waals surface area contributed by atoms with Crippen molar-refractivity contribution in [2.75, 3.05) is 0 Å². The lowest BCUT2D eigenvalue weighted by molar-refractivity contribution is -0.128. The monoisotopic (exact) mass is 268 g/mol. The molecule has 0 spiro atoms. The second kappa shape index (κ2) is 3.97. The van der Waals surface area contributed by atoms with Crippen molar-refractivity contribution in [1.29, 1.82) is 0 Å². The van der Waals surface area contributed by atoms with Gasteiger partial charge >= 0.3 is 0 Å². The fourth-order valence-electron chi connectivity index (χ4n) is 4.86. The molecule has 2 heteroatoms. The SMILES string of the molecule is C[C@@]12CC[C@@H]3c4ccc(O)cc4C=C[C@@H]3[C@@H]1CCC2=O. The maximum absolute atomic E-state index is 12.2. The first kappa shape index (κ1) is 12.2. The number of phenolic OH excluding ortho intramolecular Hbond substituents is 1. The molecule has 1 aromatic rings. The van der Waals surface area contributed by atoms with Gasteiger partial charge in [0, 0.05) is 11.8 Å². The van der Waals surface area contributed by atoms with Crippen molar-refractivity contribution in [1.82, 2.24) is 0 Å². The molecular formula is C18H20O2. The summed E-state index contributed by atoms with van der Waals surface area (Å²) in [6.45, 7) is 2.18. The lowest BCUT2D eigenvalue weighted by atomic mass is 9.57. The first-order chi connectivity index (χ1) is 9.59. The van der Waals surface area contributed by atoms with Crippen molar-refractivity contribution in [2.24, 2.45) is 17.3 Å². The fraction of sp³-hybridized carbons (Fsp3) is 0.500. The summed E-state index contributed by atoms with van der Waals surface area (Å²) in [7, 11) is 0. The van der Waals surface area contributed by atoms with E-state index in [2.05, 4.69) is 25.1 Å². The summed E-state index contributed by atoms with van der Waals surface area (Å²) in [5.41, 5.74) is 2.43. The van der Waals surface area contributed by atoms with Crippen LogP contribution >= 0.6 is 0 Å². The van der Waals surface area contributed by atoms with Gasteiger partial charge in [0.15, 0.2) is 0 Å². The third-order valence-electron chi connectivity index (χ3n) is 6.01. The summed E-state index contributed by atoms with van der Waals surface area (Å²) in [6.07, 6.45) is 8.37. The minimum Gasteiger partial charge on any atom is -0.508 e. The number of allylic oxidation sites excluding steroid dienone is 1. The largest absolute Gasteiger partial charge is 0.508 e. The number of hydrogen-bond donors (Lipinski definition) is 1. The number of aromatic hydroxyl groups is 1. The molecule has 4 rings (SSSR count). The Labute approximate surface area is 119 Å². The smallest absolute Gasteiger partial charge is 0.139 e. The molecule has 0 aromatic heterocycles. The van der Waals surface area contributed by atoms with Gasteiger partial charge < -0.3 is 5.11 Å². The lowest BCUT2D eigenvalue weighted by Gasteiger charge is -2.46. The molecular weight excluding hydrogens is 248 g/mol. The summed E-state index contributed by atoms with van der Waals surface area (Å²) >= 11 is 0. The second-order valence-electron chi connectivity index (χ2n) is 6.88. The third kappa shape index (κ3) is 1.48. The zero-order chi connectivity index (χ0) is 13.9. The van der Waals surface area contributed by atoms with Crippen molar-refractivity contribution < 1.29 is 9.90 Å². The predicted octanol–water partition coefficient (Wildman–Crippen LogP) is 3.90. The Balaban J connectivity index is 1.77. The van der Waals surface area contributed by atoms with Crippen LogP contribution in [0.15, 0.2) is 24.3 Å². The summed E-state index contributed by atoms with van der Waals surface area (Å²) < 4.78 is 0. The quantitative estimate of drug-likeness (QED) is 0.775. The van der Waals surface area contributed by atoms with Gasteiger partial charge in [-0.15, -0.1) is 0 Å². The molecule has 1 aromatic carbocycles. The van der Waals surface area contributed by atoms with Gasteiger partial charge in [0.05, 0.1) is 0 Å². The van der Waals surface area contributed by atoms with Gasteiger partial charge in [-0.2, -0.15) is 0 Å². The van der Waals surface area contributed by atoms with Crippen LogP contribution in [0.5, 0.6) is 5.75 Å². The minimum atomic E-state index is -0.0834. The Morgan fingerprint density at radius 3 is 3.00 bits per heavy atom. The number of benzene rings is 1. The number of hydrogen-bond acceptors (Lipinski definition) is 2. The Hall–Kier alpha value is -1.57. The number of phenols is 1. The zero-order valence-corrected chi connectivity index (χ0v) is 11.8. The van der Waals surface area contributed by atoms with Gasteiger partial charge in [-0.1, -0.05) is 25.1 Å². The molecule has 0 amide bonds. The summed E-state index contributed by atoms with van der Waals surface area (Å²) in [5.74, 6) is 2.35. The normalized spacial score (nSPS) is 38.2. The third-order valence-corrected chi connectivity index (χ3v) is 6.01. The molecule has 2 nitrogen and oxygen atoms in total. The highest BCUT2D eigenvalue weighted by Crippen LogP contribution is 2.58. The molecule has 1 N–H and O–H groups in total. The molecule has 2 saturated carbocycles. The van der Waals surface area contributed by atoms with E-state index < -0.39 is 0 Å². The van der Waals surface area contributed by atoms with Gasteiger partial charge in [0.2, 0.25) is 0 Å². The van der Waals surface area contributed by atoms with Crippen molar-refractivity contribution in [3.05, 3.63) is 35.4 Å². The molecule has 0 heterocycles. The van der Waals surface area contributed by atoms with Gasteiger partial charge in [0.1, 0.15) is 11.5 Å². The van der Waals surface area contributed by atoms with E-state index in [1.807, 2.05) is 6.07 Å². The van der Waals surface area contributed by atoms with E-state index in [0.29, 0.717) is 29.3 Å². The molecule has 0 bridgehead atoms. The summed E-state index contributed by atoms with van der Waals surface area (Å²) in [5, 5.41) is 9.63. The Bertz CT molecular complexity index is 616. The Morgan fingerprint density at radius 1 is 1.30 bits per heavy atom. The summed E-state index contributed by atoms with van der Waals surface area (Å²) in [6, 6.07) is 5.73. The number of Topliss-reactive ketones (excluding diaryl/α,β-unsaturated/α-hetero) is 1. The average Bonchev–Trinajstić information content (AvgIpc) is 2.74. The van der Waals surface area contributed by atoms with E-state index in [0.717, 1.165) is 31.2 Å². The van der Waals surface area contributed by atoms with Crippen molar-refractivity contribution in [3.8, 4) is 5.75 Å². The topological polar surface area (TPSA) is 37.3 Å². The minimum absolute atomic E-state index is 0.0834. The van der Waals surface area contributed by atoms with Gasteiger partial charge in [-0.25, -0.2) is 0 Å². The van der Waals surface area contributed by atoms with Gasteiger partial charge in [0.25, 0.3) is 0 Å². The maximum atomic E-state index is 12.2. The predicted molar refractivity (Wildman–Crippen MR) is 78.4 cm³/mol. The number of ketones is 1. The first-order valence-corrected chi connectivity index (χ1v) is 7.64. The van der Waals surface area contributed by atoms with Crippen LogP contribution in [-0.4, -0.2) is 10.9 Å². The van der Waals surface area contributed by atoms with Crippen LogP contribution < -0.4 is 0 Å². The molecule has 20 heavy (non-hydrogen) atoms. The van der Waals surface area contributed by atoms with E-state index in [4.69, 9.17) is 0 Å². The van der Waals surface area contributed by atoms with E-state index in [9.17, 15) is 9.90 Å². The molecule has 4 atom stereocenters. The van der Waals surface area contributed by atoms with Crippen LogP contribution in [0.2, 0.25) is 0 Å². The Morgan fingerprint density at radius 2 is 2.15 bits per heavy atom. The van der Waals surface area contributed by atoms with Crippen molar-refractivity contribution in [2.45, 2.75) is 38.5 Å². The van der Waals surface area contributed by atoms with E-state index in [1.165, 1.54) is 5.56 Å². The van der Waals surface area contributed by atoms with E-state index in [-0.39, 0.29) is 5.41 Å². The van der Waals surface area contributed by atoms with Gasteiger partial charge in [-0.05, 0) is 60.3 Å². The van der Waals surface area contributed by atoms with Crippen LogP contribution in [0.4, 0.5) is 0 Å². The van der Waals surface area contributed by atoms with Crippen molar-refractivity contribution >= 4 is 11.9 Å². The molecule has 3 aliphatic carbocycles. The number of carbonyl (C=O) groups excluding carboxylic acids is 1. The molecule has 0 radical (unpaired) electrons. The summed E-state index contributed by atoms with van der Waals surface area (Å²) in [4.78, 5) is 12.2. The maximum Gasteiger partial charge on any atom is 0.139 e. The highest BCUT2D eigenvalue weighted by atomic mass is 16.3. The number of rotatable bonds is 0. The van der Waals surface area contributed by atoms with Crippen LogP contribution in [0, 0.1) is 17.3 Å². The number of fused-ring (bicyclic) bond motifs is 5. The highest BCUT2D eigenvalue weighted by Gasteiger charge is 2.53. The van der Waals surface area contributed by atoms with E-state index >= 15 is 0 Å². The van der Waals surface area contributed by atoms with Crippen molar-refractivity contribution in [3.63, 3.8) is 0 Å². The molecule has 0 aliphatic heterocycles. The zero-order valence-electron chi connectivity index (χ0n) is 11.8. The van der Waals surface area contributed by atoms with Crippen LogP contribution in [0.25, 0.3) is 6.08 Å².